The lowest BCUT2D eigenvalue weighted by molar-refractivity contribution is 0.475. The Hall–Kier alpha value is -3.61. The van der Waals surface area contributed by atoms with Crippen LogP contribution in [-0.2, 0) is 6.54 Å². The van der Waals surface area contributed by atoms with Crippen molar-refractivity contribution in [3.05, 3.63) is 76.2 Å². The van der Waals surface area contributed by atoms with Crippen molar-refractivity contribution in [1.82, 2.24) is 19.6 Å². The van der Waals surface area contributed by atoms with Crippen molar-refractivity contribution in [1.29, 1.82) is 0 Å². The second kappa shape index (κ2) is 6.36. The second-order valence-corrected chi connectivity index (χ2v) is 6.06. The lowest BCUT2D eigenvalue weighted by atomic mass is 10.1. The highest BCUT2D eigenvalue weighted by molar-refractivity contribution is 5.57. The smallest absolute Gasteiger partial charge is 0.274 e. The molecule has 4 aromatic rings. The van der Waals surface area contributed by atoms with Gasteiger partial charge in [0.2, 0.25) is 0 Å². The fourth-order valence-electron chi connectivity index (χ4n) is 2.71. The van der Waals surface area contributed by atoms with Gasteiger partial charge in [0.15, 0.2) is 5.82 Å². The first kappa shape index (κ1) is 15.9. The number of rotatable bonds is 4. The minimum absolute atomic E-state index is 0.202. The Morgan fingerprint density at radius 1 is 1.12 bits per heavy atom. The summed E-state index contributed by atoms with van der Waals surface area (Å²) in [6.07, 6.45) is 0. The molecule has 0 saturated carbocycles. The summed E-state index contributed by atoms with van der Waals surface area (Å²) < 4.78 is 1.34. The van der Waals surface area contributed by atoms with E-state index in [1.54, 1.807) is 24.3 Å². The molecule has 7 nitrogen and oxygen atoms in total. The minimum Gasteiger partial charge on any atom is -0.508 e. The maximum atomic E-state index is 12.4. The van der Waals surface area contributed by atoms with Crippen LogP contribution in [0.4, 0.5) is 5.69 Å². The molecule has 130 valence electrons. The van der Waals surface area contributed by atoms with Crippen LogP contribution in [0, 0.1) is 6.92 Å². The number of aromatic amines is 1. The molecule has 0 aliphatic carbocycles. The van der Waals surface area contributed by atoms with Gasteiger partial charge in [-0.1, -0.05) is 23.8 Å². The average molecular weight is 347 g/mol. The highest BCUT2D eigenvalue weighted by Crippen LogP contribution is 2.17. The molecule has 7 heteroatoms. The summed E-state index contributed by atoms with van der Waals surface area (Å²) >= 11 is 0. The summed E-state index contributed by atoms with van der Waals surface area (Å²) in [6, 6.07) is 16.0. The average Bonchev–Trinajstić information content (AvgIpc) is 3.06. The molecule has 0 fully saturated rings. The molecule has 2 heterocycles. The van der Waals surface area contributed by atoms with Crippen molar-refractivity contribution >= 4 is 11.5 Å². The molecular formula is C19H17N5O2. The van der Waals surface area contributed by atoms with Gasteiger partial charge < -0.3 is 10.4 Å². The Morgan fingerprint density at radius 3 is 2.69 bits per heavy atom. The van der Waals surface area contributed by atoms with E-state index in [0.29, 0.717) is 23.8 Å². The highest BCUT2D eigenvalue weighted by Gasteiger charge is 2.10. The number of hydrogen-bond acceptors (Lipinski definition) is 5. The standard InChI is InChI=1S/C19H17N5O2/c1-12-3-2-4-13(9-12)18-22-19-21-15(10-17(26)24(19)23-18)11-20-14-5-7-16(25)8-6-14/h2-10,20,25H,11H2,1H3,(H,21,22,23). The molecule has 0 spiro atoms. The number of aryl methyl sites for hydroxylation is 1. The summed E-state index contributed by atoms with van der Waals surface area (Å²) in [6.45, 7) is 2.38. The highest BCUT2D eigenvalue weighted by atomic mass is 16.3. The fourth-order valence-corrected chi connectivity index (χ4v) is 2.71. The number of benzene rings is 2. The number of nitrogens with one attached hydrogen (secondary N) is 2. The monoisotopic (exact) mass is 347 g/mol. The molecule has 0 bridgehead atoms. The van der Waals surface area contributed by atoms with Gasteiger partial charge in [-0.05, 0) is 37.3 Å². The number of phenolic OH excluding ortho intramolecular Hbond substituents is 1. The number of anilines is 1. The van der Waals surface area contributed by atoms with Crippen molar-refractivity contribution in [2.24, 2.45) is 0 Å². The number of H-pyrrole nitrogens is 1. The first-order valence-electron chi connectivity index (χ1n) is 8.17. The van der Waals surface area contributed by atoms with Crippen molar-refractivity contribution < 1.29 is 5.11 Å². The van der Waals surface area contributed by atoms with E-state index in [0.717, 1.165) is 16.8 Å². The Bertz CT molecular complexity index is 1130. The van der Waals surface area contributed by atoms with Gasteiger partial charge in [0, 0.05) is 17.3 Å². The fraction of sp³-hybridized carbons (Fsp3) is 0.105. The number of nitrogens with zero attached hydrogens (tertiary/aromatic N) is 3. The van der Waals surface area contributed by atoms with Crippen LogP contribution in [0.2, 0.25) is 0 Å². The van der Waals surface area contributed by atoms with Gasteiger partial charge >= 0.3 is 0 Å². The van der Waals surface area contributed by atoms with Crippen LogP contribution in [0.25, 0.3) is 17.2 Å². The molecule has 3 N–H and O–H groups in total. The molecule has 4 rings (SSSR count). The van der Waals surface area contributed by atoms with Crippen molar-refractivity contribution in [3.63, 3.8) is 0 Å². The molecule has 0 radical (unpaired) electrons. The SMILES string of the molecule is Cc1cccc(-c2nc3nc(CNc4ccc(O)cc4)cc(=O)n3[nH]2)c1. The minimum atomic E-state index is -0.219. The predicted molar refractivity (Wildman–Crippen MR) is 99.2 cm³/mol. The third-order valence-corrected chi connectivity index (χ3v) is 4.02. The summed E-state index contributed by atoms with van der Waals surface area (Å²) in [4.78, 5) is 21.3. The van der Waals surface area contributed by atoms with Gasteiger partial charge in [0.25, 0.3) is 11.3 Å². The lowest BCUT2D eigenvalue weighted by Gasteiger charge is -2.05. The normalized spacial score (nSPS) is 11.0. The van der Waals surface area contributed by atoms with E-state index in [-0.39, 0.29) is 11.3 Å². The van der Waals surface area contributed by atoms with Crippen molar-refractivity contribution in [3.8, 4) is 17.1 Å². The van der Waals surface area contributed by atoms with Crippen LogP contribution >= 0.6 is 0 Å². The van der Waals surface area contributed by atoms with Crippen LogP contribution in [0.3, 0.4) is 0 Å². The van der Waals surface area contributed by atoms with Crippen LogP contribution in [0.5, 0.6) is 5.75 Å². The van der Waals surface area contributed by atoms with Crippen LogP contribution in [0.15, 0.2) is 59.4 Å². The molecule has 26 heavy (non-hydrogen) atoms. The largest absolute Gasteiger partial charge is 0.508 e. The van der Waals surface area contributed by atoms with E-state index in [4.69, 9.17) is 0 Å². The van der Waals surface area contributed by atoms with Crippen molar-refractivity contribution in [2.75, 3.05) is 5.32 Å². The molecule has 0 saturated heterocycles. The molecule has 2 aromatic carbocycles. The third-order valence-electron chi connectivity index (χ3n) is 4.02. The van der Waals surface area contributed by atoms with Gasteiger partial charge in [0.05, 0.1) is 12.2 Å². The van der Waals surface area contributed by atoms with Crippen LogP contribution in [-0.4, -0.2) is 24.7 Å². The number of aromatic hydroxyl groups is 1. The topological polar surface area (TPSA) is 95.3 Å². The predicted octanol–water partition coefficient (Wildman–Crippen LogP) is 2.71. The van der Waals surface area contributed by atoms with Gasteiger partial charge in [-0.3, -0.25) is 9.89 Å². The molecular weight excluding hydrogens is 330 g/mol. The summed E-state index contributed by atoms with van der Waals surface area (Å²) in [7, 11) is 0. The number of phenols is 1. The van der Waals surface area contributed by atoms with Gasteiger partial charge in [-0.15, -0.1) is 0 Å². The Morgan fingerprint density at radius 2 is 1.92 bits per heavy atom. The first-order valence-corrected chi connectivity index (χ1v) is 8.17. The quantitative estimate of drug-likeness (QED) is 0.493. The third kappa shape index (κ3) is 3.14. The molecule has 0 amide bonds. The number of fused-ring (bicyclic) bond motifs is 1. The van der Waals surface area contributed by atoms with E-state index in [9.17, 15) is 9.90 Å². The van der Waals surface area contributed by atoms with Gasteiger partial charge in [-0.25, -0.2) is 4.98 Å². The maximum absolute atomic E-state index is 12.4. The maximum Gasteiger partial charge on any atom is 0.274 e. The van der Waals surface area contributed by atoms with Gasteiger partial charge in [0.1, 0.15) is 5.75 Å². The van der Waals surface area contributed by atoms with Crippen LogP contribution < -0.4 is 10.9 Å². The zero-order valence-electron chi connectivity index (χ0n) is 14.1. The Balaban J connectivity index is 1.63. The van der Waals surface area contributed by atoms with Crippen LogP contribution in [0.1, 0.15) is 11.3 Å². The molecule has 0 aliphatic heterocycles. The summed E-state index contributed by atoms with van der Waals surface area (Å²) in [5.74, 6) is 1.13. The summed E-state index contributed by atoms with van der Waals surface area (Å²) in [5, 5.41) is 15.5. The molecule has 0 atom stereocenters. The number of aromatic nitrogens is 4. The number of hydrogen-bond donors (Lipinski definition) is 3. The molecule has 2 aromatic heterocycles. The Labute approximate surface area is 149 Å². The lowest BCUT2D eigenvalue weighted by Crippen LogP contribution is -2.17. The summed E-state index contributed by atoms with van der Waals surface area (Å²) in [5.41, 5.74) is 3.21. The van der Waals surface area contributed by atoms with E-state index in [2.05, 4.69) is 20.4 Å². The Kier molecular flexibility index (Phi) is 3.89. The molecule has 0 unspecified atom stereocenters. The van der Waals surface area contributed by atoms with E-state index >= 15 is 0 Å². The van der Waals surface area contributed by atoms with E-state index in [1.165, 1.54) is 10.6 Å². The second-order valence-electron chi connectivity index (χ2n) is 6.06. The van der Waals surface area contributed by atoms with Crippen molar-refractivity contribution in [2.45, 2.75) is 13.5 Å². The van der Waals surface area contributed by atoms with E-state index in [1.807, 2.05) is 31.2 Å². The zero-order chi connectivity index (χ0) is 18.1. The van der Waals surface area contributed by atoms with E-state index < -0.39 is 0 Å². The first-order chi connectivity index (χ1) is 12.6. The van der Waals surface area contributed by atoms with Gasteiger partial charge in [-0.2, -0.15) is 9.50 Å². The molecule has 0 aliphatic rings. The zero-order valence-corrected chi connectivity index (χ0v) is 14.1.